The molecule has 0 spiro atoms. The highest BCUT2D eigenvalue weighted by molar-refractivity contribution is 5.99. The second-order valence-corrected chi connectivity index (χ2v) is 5.89. The largest absolute Gasteiger partial charge is 0.440 e. The minimum atomic E-state index is -0.172. The first-order valence-electron chi connectivity index (χ1n) is 7.80. The maximum atomic E-state index is 12.6. The van der Waals surface area contributed by atoms with E-state index in [9.17, 15) is 9.59 Å². The quantitative estimate of drug-likeness (QED) is 0.856. The summed E-state index contributed by atoms with van der Waals surface area (Å²) in [5, 5.41) is 0.384. The monoisotopic (exact) mass is 344 g/mol. The summed E-state index contributed by atoms with van der Waals surface area (Å²) in [5.74, 6) is 0.349. The molecule has 1 saturated heterocycles. The number of carbonyl (C=O) groups is 1. The van der Waals surface area contributed by atoms with Gasteiger partial charge in [-0.05, 0) is 12.1 Å². The summed E-state index contributed by atoms with van der Waals surface area (Å²) >= 11 is 0. The first-order valence-corrected chi connectivity index (χ1v) is 7.80. The molecule has 1 aromatic carbocycles. The minimum Gasteiger partial charge on any atom is -0.440 e. The van der Waals surface area contributed by atoms with Crippen LogP contribution in [0.2, 0.25) is 0 Å². The molecular weight excluding hydrogens is 320 g/mol. The summed E-state index contributed by atoms with van der Waals surface area (Å²) in [6.45, 7) is 6.34. The summed E-state index contributed by atoms with van der Waals surface area (Å²) in [5.41, 5.74) is 1.35. The van der Waals surface area contributed by atoms with Crippen LogP contribution in [0.4, 0.5) is 5.88 Å². The molecule has 1 aliphatic heterocycles. The molecule has 0 atom stereocenters. The van der Waals surface area contributed by atoms with Crippen LogP contribution in [-0.2, 0) is 4.74 Å². The number of carbonyl (C=O) groups excluding carboxylic acids is 1. The van der Waals surface area contributed by atoms with Gasteiger partial charge in [0.2, 0.25) is 0 Å². The molecule has 1 aromatic heterocycles. The van der Waals surface area contributed by atoms with Crippen molar-refractivity contribution in [2.75, 3.05) is 45.3 Å². The first kappa shape index (κ1) is 18.7. The number of anilines is 1. The fourth-order valence-electron chi connectivity index (χ4n) is 2.75. The van der Waals surface area contributed by atoms with Crippen LogP contribution in [0.5, 0.6) is 0 Å². The minimum absolute atomic E-state index is 0. The van der Waals surface area contributed by atoms with Gasteiger partial charge in [-0.3, -0.25) is 9.59 Å². The number of hydrogen-bond acceptors (Lipinski definition) is 5. The van der Waals surface area contributed by atoms with E-state index in [0.29, 0.717) is 54.3 Å². The number of fused-ring (bicyclic) bond motifs is 1. The molecule has 0 N–H and O–H groups in total. The SMILES string of the molecule is C.C=Cc1cc(C(=O)N(C)C)cc2c(=O)cc(N3CCOCC3)oc12. The van der Waals surface area contributed by atoms with Crippen LogP contribution in [0, 0.1) is 0 Å². The first-order chi connectivity index (χ1) is 11.5. The summed E-state index contributed by atoms with van der Waals surface area (Å²) in [6.07, 6.45) is 1.60. The van der Waals surface area contributed by atoms with Gasteiger partial charge in [0.05, 0.1) is 18.6 Å². The topological polar surface area (TPSA) is 63.0 Å². The fourth-order valence-corrected chi connectivity index (χ4v) is 2.75. The van der Waals surface area contributed by atoms with E-state index in [1.807, 2.05) is 4.90 Å². The van der Waals surface area contributed by atoms with E-state index in [1.165, 1.54) is 11.0 Å². The maximum Gasteiger partial charge on any atom is 0.253 e. The summed E-state index contributed by atoms with van der Waals surface area (Å²) in [7, 11) is 3.34. The van der Waals surface area contributed by atoms with E-state index in [4.69, 9.17) is 9.15 Å². The molecule has 1 amide bonds. The Bertz CT molecular complexity index is 848. The van der Waals surface area contributed by atoms with E-state index in [2.05, 4.69) is 6.58 Å². The Labute approximate surface area is 147 Å². The second kappa shape index (κ2) is 7.53. The van der Waals surface area contributed by atoms with Gasteiger partial charge in [-0.2, -0.15) is 0 Å². The predicted molar refractivity (Wildman–Crippen MR) is 100 cm³/mol. The highest BCUT2D eigenvalue weighted by atomic mass is 16.5. The zero-order valence-corrected chi connectivity index (χ0v) is 13.9. The zero-order chi connectivity index (χ0) is 17.3. The third kappa shape index (κ3) is 3.58. The van der Waals surface area contributed by atoms with Crippen molar-refractivity contribution in [2.45, 2.75) is 7.43 Å². The van der Waals surface area contributed by atoms with Crippen LogP contribution in [0.15, 0.2) is 34.0 Å². The van der Waals surface area contributed by atoms with E-state index in [1.54, 1.807) is 32.3 Å². The van der Waals surface area contributed by atoms with Crippen molar-refractivity contribution < 1.29 is 13.9 Å². The van der Waals surface area contributed by atoms with Crippen molar-refractivity contribution in [3.05, 3.63) is 46.1 Å². The lowest BCUT2D eigenvalue weighted by Crippen LogP contribution is -2.36. The Hall–Kier alpha value is -2.60. The van der Waals surface area contributed by atoms with Gasteiger partial charge in [0, 0.05) is 44.4 Å². The number of hydrogen-bond donors (Lipinski definition) is 0. The molecule has 2 heterocycles. The van der Waals surface area contributed by atoms with Gasteiger partial charge in [-0.1, -0.05) is 20.1 Å². The van der Waals surface area contributed by atoms with Gasteiger partial charge >= 0.3 is 0 Å². The Kier molecular flexibility index (Phi) is 5.64. The molecule has 0 radical (unpaired) electrons. The standard InChI is InChI=1S/C18H20N2O4.CH4/c1-4-12-9-13(18(22)19(2)3)10-14-15(21)11-16(24-17(12)14)20-5-7-23-8-6-20;/h4,9-11H,1,5-8H2,2-3H3;1H4. The van der Waals surface area contributed by atoms with Crippen LogP contribution >= 0.6 is 0 Å². The molecule has 0 saturated carbocycles. The lowest BCUT2D eigenvalue weighted by molar-refractivity contribution is 0.0827. The number of amides is 1. The van der Waals surface area contributed by atoms with Crippen molar-refractivity contribution in [3.63, 3.8) is 0 Å². The van der Waals surface area contributed by atoms with Gasteiger partial charge in [0.15, 0.2) is 11.3 Å². The van der Waals surface area contributed by atoms with E-state index in [-0.39, 0.29) is 18.8 Å². The van der Waals surface area contributed by atoms with Crippen molar-refractivity contribution in [3.8, 4) is 0 Å². The molecule has 0 unspecified atom stereocenters. The molecule has 0 aliphatic carbocycles. The molecule has 0 bridgehead atoms. The van der Waals surface area contributed by atoms with Crippen molar-refractivity contribution >= 4 is 28.8 Å². The number of morpholine rings is 1. The highest BCUT2D eigenvalue weighted by Crippen LogP contribution is 2.25. The van der Waals surface area contributed by atoms with Crippen molar-refractivity contribution in [1.29, 1.82) is 0 Å². The Balaban J connectivity index is 0.00000225. The second-order valence-electron chi connectivity index (χ2n) is 5.89. The fraction of sp³-hybridized carbons (Fsp3) is 0.368. The summed E-state index contributed by atoms with van der Waals surface area (Å²) in [4.78, 5) is 28.2. The smallest absolute Gasteiger partial charge is 0.253 e. The van der Waals surface area contributed by atoms with Crippen LogP contribution in [0.3, 0.4) is 0 Å². The maximum absolute atomic E-state index is 12.6. The van der Waals surface area contributed by atoms with Gasteiger partial charge < -0.3 is 19.0 Å². The molecule has 25 heavy (non-hydrogen) atoms. The third-order valence-electron chi connectivity index (χ3n) is 4.04. The van der Waals surface area contributed by atoms with Crippen LogP contribution in [-0.4, -0.2) is 51.2 Å². The summed E-state index contributed by atoms with van der Waals surface area (Å²) in [6, 6.07) is 4.76. The van der Waals surface area contributed by atoms with Crippen LogP contribution in [0.25, 0.3) is 17.0 Å². The molecule has 3 rings (SSSR count). The number of rotatable bonds is 3. The predicted octanol–water partition coefficient (Wildman–Crippen LogP) is 2.61. The lowest BCUT2D eigenvalue weighted by Gasteiger charge is -2.27. The van der Waals surface area contributed by atoms with Gasteiger partial charge in [-0.25, -0.2) is 0 Å². The van der Waals surface area contributed by atoms with E-state index in [0.717, 1.165) is 0 Å². The number of benzene rings is 1. The molecule has 1 aliphatic rings. The van der Waals surface area contributed by atoms with Crippen LogP contribution in [0.1, 0.15) is 23.3 Å². The number of nitrogens with zero attached hydrogens (tertiary/aromatic N) is 2. The molecule has 6 nitrogen and oxygen atoms in total. The Morgan fingerprint density at radius 3 is 2.52 bits per heavy atom. The molecule has 2 aromatic rings. The van der Waals surface area contributed by atoms with Crippen molar-refractivity contribution in [2.24, 2.45) is 0 Å². The average molecular weight is 344 g/mol. The van der Waals surface area contributed by atoms with E-state index < -0.39 is 0 Å². The van der Waals surface area contributed by atoms with Crippen molar-refractivity contribution in [1.82, 2.24) is 4.90 Å². The molecule has 1 fully saturated rings. The molecule has 134 valence electrons. The molecule has 6 heteroatoms. The summed E-state index contributed by atoms with van der Waals surface area (Å²) < 4.78 is 11.3. The van der Waals surface area contributed by atoms with E-state index >= 15 is 0 Å². The van der Waals surface area contributed by atoms with Gasteiger partial charge in [-0.15, -0.1) is 0 Å². The third-order valence-corrected chi connectivity index (χ3v) is 4.04. The zero-order valence-electron chi connectivity index (χ0n) is 13.9. The average Bonchev–Trinajstić information content (AvgIpc) is 2.60. The normalized spacial score (nSPS) is 14.1. The molecular formula is C19H24N2O4. The van der Waals surface area contributed by atoms with Gasteiger partial charge in [0.1, 0.15) is 5.58 Å². The Morgan fingerprint density at radius 2 is 1.92 bits per heavy atom. The lowest BCUT2D eigenvalue weighted by atomic mass is 10.0. The highest BCUT2D eigenvalue weighted by Gasteiger charge is 2.18. The number of ether oxygens (including phenoxy) is 1. The van der Waals surface area contributed by atoms with Crippen LogP contribution < -0.4 is 10.3 Å². The van der Waals surface area contributed by atoms with Gasteiger partial charge in [0.25, 0.3) is 5.91 Å². The Morgan fingerprint density at radius 1 is 1.24 bits per heavy atom.